The van der Waals surface area contributed by atoms with E-state index in [-0.39, 0.29) is 10.8 Å². The highest BCUT2D eigenvalue weighted by Gasteiger charge is 2.28. The van der Waals surface area contributed by atoms with Crippen molar-refractivity contribution in [3.63, 3.8) is 0 Å². The van der Waals surface area contributed by atoms with Gasteiger partial charge in [-0.1, -0.05) is 18.2 Å². The highest BCUT2D eigenvalue weighted by molar-refractivity contribution is 7.89. The van der Waals surface area contributed by atoms with Crippen molar-refractivity contribution in [3.8, 4) is 5.75 Å². The third-order valence-electron chi connectivity index (χ3n) is 5.75. The van der Waals surface area contributed by atoms with E-state index in [0.717, 1.165) is 11.3 Å². The Balaban J connectivity index is 1.67. The Bertz CT molecular complexity index is 1050. The van der Waals surface area contributed by atoms with Crippen LogP contribution < -0.4 is 10.1 Å². The van der Waals surface area contributed by atoms with Crippen molar-refractivity contribution >= 4 is 21.6 Å². The Morgan fingerprint density at radius 2 is 1.85 bits per heavy atom. The van der Waals surface area contributed by atoms with Crippen molar-refractivity contribution in [2.24, 2.45) is 0 Å². The molecule has 1 fully saturated rings. The number of anilines is 1. The number of nitrogens with one attached hydrogen (secondary N) is 1. The molecule has 9 heteroatoms. The van der Waals surface area contributed by atoms with Crippen LogP contribution >= 0.6 is 0 Å². The van der Waals surface area contributed by atoms with Gasteiger partial charge < -0.3 is 14.8 Å². The van der Waals surface area contributed by atoms with Crippen molar-refractivity contribution in [1.29, 1.82) is 0 Å². The third-order valence-corrected chi connectivity index (χ3v) is 7.79. The SMILES string of the molecule is CCOc1ccc(CN(C)[C@H](C)C(=O)Nc2ccc(C)c(S(=O)(=O)N3CCOCC3)c2)cc1. The summed E-state index contributed by atoms with van der Waals surface area (Å²) in [5, 5.41) is 2.87. The molecular formula is C24H33N3O5S. The number of rotatable bonds is 9. The van der Waals surface area contributed by atoms with E-state index in [1.165, 1.54) is 10.4 Å². The smallest absolute Gasteiger partial charge is 0.243 e. The number of benzene rings is 2. The number of nitrogens with zero attached hydrogens (tertiary/aromatic N) is 2. The number of sulfonamides is 1. The highest BCUT2D eigenvalue weighted by Crippen LogP contribution is 2.25. The van der Waals surface area contributed by atoms with Crippen LogP contribution in [0.2, 0.25) is 0 Å². The van der Waals surface area contributed by atoms with Crippen LogP contribution in [0.3, 0.4) is 0 Å². The molecule has 1 amide bonds. The normalized spacial score (nSPS) is 15.9. The molecule has 2 aromatic carbocycles. The monoisotopic (exact) mass is 475 g/mol. The predicted molar refractivity (Wildman–Crippen MR) is 128 cm³/mol. The maximum absolute atomic E-state index is 13.1. The van der Waals surface area contributed by atoms with Crippen LogP contribution in [0.4, 0.5) is 5.69 Å². The van der Waals surface area contributed by atoms with Gasteiger partial charge in [-0.3, -0.25) is 9.69 Å². The highest BCUT2D eigenvalue weighted by atomic mass is 32.2. The van der Waals surface area contributed by atoms with E-state index in [1.54, 1.807) is 19.1 Å². The van der Waals surface area contributed by atoms with E-state index < -0.39 is 16.1 Å². The number of amides is 1. The number of hydrogen-bond acceptors (Lipinski definition) is 6. The van der Waals surface area contributed by atoms with Gasteiger partial charge in [-0.15, -0.1) is 0 Å². The van der Waals surface area contributed by atoms with Crippen LogP contribution in [0, 0.1) is 6.92 Å². The first-order valence-electron chi connectivity index (χ1n) is 11.1. The second kappa shape index (κ2) is 11.1. The predicted octanol–water partition coefficient (Wildman–Crippen LogP) is 2.87. The zero-order valence-electron chi connectivity index (χ0n) is 19.7. The summed E-state index contributed by atoms with van der Waals surface area (Å²) in [6, 6.07) is 12.4. The lowest BCUT2D eigenvalue weighted by Crippen LogP contribution is -2.41. The first-order chi connectivity index (χ1) is 15.7. The van der Waals surface area contributed by atoms with Crippen LogP contribution in [0.5, 0.6) is 5.75 Å². The molecule has 33 heavy (non-hydrogen) atoms. The van der Waals surface area contributed by atoms with Crippen molar-refractivity contribution in [3.05, 3.63) is 53.6 Å². The molecule has 0 saturated carbocycles. The number of hydrogen-bond donors (Lipinski definition) is 1. The fourth-order valence-corrected chi connectivity index (χ4v) is 5.27. The Hall–Kier alpha value is -2.46. The number of carbonyl (C=O) groups is 1. The van der Waals surface area contributed by atoms with Crippen molar-refractivity contribution in [2.75, 3.05) is 45.3 Å². The first kappa shape index (κ1) is 25.2. The molecule has 1 heterocycles. The van der Waals surface area contributed by atoms with Gasteiger partial charge in [0.2, 0.25) is 15.9 Å². The average Bonchev–Trinajstić information content (AvgIpc) is 2.81. The van der Waals surface area contributed by atoms with Crippen LogP contribution in [-0.4, -0.2) is 69.5 Å². The maximum atomic E-state index is 13.1. The molecule has 0 bridgehead atoms. The quantitative estimate of drug-likeness (QED) is 0.600. The summed E-state index contributed by atoms with van der Waals surface area (Å²) in [6.45, 7) is 8.14. The molecule has 0 aliphatic carbocycles. The third kappa shape index (κ3) is 6.32. The summed E-state index contributed by atoms with van der Waals surface area (Å²) in [6.07, 6.45) is 0. The molecule has 0 aromatic heterocycles. The average molecular weight is 476 g/mol. The van der Waals surface area contributed by atoms with Gasteiger partial charge in [-0.25, -0.2) is 8.42 Å². The Morgan fingerprint density at radius 1 is 1.18 bits per heavy atom. The summed E-state index contributed by atoms with van der Waals surface area (Å²) in [5.74, 6) is 0.610. The van der Waals surface area contributed by atoms with Gasteiger partial charge in [0.15, 0.2) is 0 Å². The van der Waals surface area contributed by atoms with Crippen LogP contribution in [0.25, 0.3) is 0 Å². The van der Waals surface area contributed by atoms with Gasteiger partial charge in [0.1, 0.15) is 5.75 Å². The van der Waals surface area contributed by atoms with Gasteiger partial charge >= 0.3 is 0 Å². The van der Waals surface area contributed by atoms with Crippen LogP contribution in [0.15, 0.2) is 47.4 Å². The second-order valence-corrected chi connectivity index (χ2v) is 10.1. The molecule has 1 N–H and O–H groups in total. The fraction of sp³-hybridized carbons (Fsp3) is 0.458. The number of morpholine rings is 1. The number of likely N-dealkylation sites (N-methyl/N-ethyl adjacent to an activating group) is 1. The molecule has 0 radical (unpaired) electrons. The topological polar surface area (TPSA) is 88.2 Å². The second-order valence-electron chi connectivity index (χ2n) is 8.15. The van der Waals surface area contributed by atoms with Crippen LogP contribution in [0.1, 0.15) is 25.0 Å². The summed E-state index contributed by atoms with van der Waals surface area (Å²) < 4.78 is 38.4. The minimum absolute atomic E-state index is 0.206. The minimum atomic E-state index is -3.65. The van der Waals surface area contributed by atoms with E-state index in [0.29, 0.717) is 50.7 Å². The molecule has 1 aliphatic rings. The maximum Gasteiger partial charge on any atom is 0.243 e. The molecule has 3 rings (SSSR count). The molecule has 180 valence electrons. The number of ether oxygens (including phenoxy) is 2. The molecule has 0 unspecified atom stereocenters. The van der Waals surface area contributed by atoms with Crippen molar-refractivity contribution < 1.29 is 22.7 Å². The lowest BCUT2D eigenvalue weighted by Gasteiger charge is -2.27. The molecular weight excluding hydrogens is 442 g/mol. The Kier molecular flexibility index (Phi) is 8.47. The summed E-state index contributed by atoms with van der Waals surface area (Å²) in [7, 11) is -1.78. The number of carbonyl (C=O) groups excluding carboxylic acids is 1. The molecule has 1 atom stereocenters. The number of aryl methyl sites for hydroxylation is 1. The van der Waals surface area contributed by atoms with Crippen molar-refractivity contribution in [1.82, 2.24) is 9.21 Å². The first-order valence-corrected chi connectivity index (χ1v) is 12.6. The standard InChI is InChI=1S/C24H33N3O5S/c1-5-32-22-10-7-20(8-11-22)17-26(4)19(3)24(28)25-21-9-6-18(2)23(16-21)33(29,30)27-12-14-31-15-13-27/h6-11,16,19H,5,12-15,17H2,1-4H3,(H,25,28)/t19-/m1/s1. The minimum Gasteiger partial charge on any atom is -0.494 e. The van der Waals surface area contributed by atoms with E-state index in [2.05, 4.69) is 5.32 Å². The molecule has 2 aromatic rings. The van der Waals surface area contributed by atoms with Crippen LogP contribution in [-0.2, 0) is 26.1 Å². The zero-order valence-corrected chi connectivity index (χ0v) is 20.5. The van der Waals surface area contributed by atoms with E-state index >= 15 is 0 Å². The Labute approximate surface area is 196 Å². The fourth-order valence-electron chi connectivity index (χ4n) is 3.61. The Morgan fingerprint density at radius 3 is 2.48 bits per heavy atom. The van der Waals surface area contributed by atoms with E-state index in [9.17, 15) is 13.2 Å². The van der Waals surface area contributed by atoms with E-state index in [1.807, 2.05) is 50.1 Å². The van der Waals surface area contributed by atoms with Gasteiger partial charge in [0.05, 0.1) is 30.8 Å². The van der Waals surface area contributed by atoms with E-state index in [4.69, 9.17) is 9.47 Å². The summed E-state index contributed by atoms with van der Waals surface area (Å²) in [5.41, 5.74) is 2.16. The lowest BCUT2D eigenvalue weighted by molar-refractivity contribution is -0.120. The van der Waals surface area contributed by atoms with Gasteiger partial charge in [0, 0.05) is 25.3 Å². The lowest BCUT2D eigenvalue weighted by atomic mass is 10.1. The molecule has 1 aliphatic heterocycles. The molecule has 8 nitrogen and oxygen atoms in total. The summed E-state index contributed by atoms with van der Waals surface area (Å²) >= 11 is 0. The summed E-state index contributed by atoms with van der Waals surface area (Å²) in [4.78, 5) is 15.0. The molecule has 1 saturated heterocycles. The zero-order chi connectivity index (χ0) is 24.0. The van der Waals surface area contributed by atoms with Gasteiger partial charge in [-0.05, 0) is 63.2 Å². The molecule has 0 spiro atoms. The van der Waals surface area contributed by atoms with Crippen molar-refractivity contribution in [2.45, 2.75) is 38.3 Å². The largest absolute Gasteiger partial charge is 0.494 e. The van der Waals surface area contributed by atoms with Gasteiger partial charge in [0.25, 0.3) is 0 Å². The van der Waals surface area contributed by atoms with Gasteiger partial charge in [-0.2, -0.15) is 4.31 Å².